The Labute approximate surface area is 127 Å². The minimum Gasteiger partial charge on any atom is -0.485 e. The highest BCUT2D eigenvalue weighted by Gasteiger charge is 2.12. The number of benzene rings is 1. The van der Waals surface area contributed by atoms with E-state index in [0.717, 1.165) is 33.8 Å². The van der Waals surface area contributed by atoms with Crippen LogP contribution in [-0.4, -0.2) is 11.7 Å². The summed E-state index contributed by atoms with van der Waals surface area (Å²) in [4.78, 5) is 0. The number of halogens is 1. The smallest absolute Gasteiger partial charge is 0.174 e. The molecule has 20 heavy (non-hydrogen) atoms. The van der Waals surface area contributed by atoms with Gasteiger partial charge in [0, 0.05) is 22.1 Å². The normalized spacial score (nSPS) is 12.4. The molecule has 0 saturated carbocycles. The lowest BCUT2D eigenvalue weighted by Gasteiger charge is -2.17. The number of hydrogen-bond donors (Lipinski definition) is 1. The monoisotopic (exact) mass is 338 g/mol. The molecule has 1 aromatic carbocycles. The molecule has 0 amide bonds. The van der Waals surface area contributed by atoms with Gasteiger partial charge in [0.1, 0.15) is 12.4 Å². The molecule has 1 aromatic heterocycles. The van der Waals surface area contributed by atoms with Gasteiger partial charge in [0.25, 0.3) is 0 Å². The first-order valence-corrected chi connectivity index (χ1v) is 7.47. The minimum absolute atomic E-state index is 0.226. The van der Waals surface area contributed by atoms with Crippen molar-refractivity contribution in [1.29, 1.82) is 0 Å². The molecule has 1 unspecified atom stereocenters. The molecule has 2 aromatic rings. The fourth-order valence-corrected chi connectivity index (χ4v) is 2.42. The number of aryl methyl sites for hydroxylation is 1. The molecule has 0 spiro atoms. The third-order valence-corrected chi connectivity index (χ3v) is 3.49. The van der Waals surface area contributed by atoms with Crippen molar-refractivity contribution in [3.63, 3.8) is 0 Å². The summed E-state index contributed by atoms with van der Waals surface area (Å²) in [7, 11) is 0. The number of hydrogen-bond acceptors (Lipinski definition) is 4. The molecule has 108 valence electrons. The van der Waals surface area contributed by atoms with Gasteiger partial charge < -0.3 is 14.6 Å². The fraction of sp³-hybridized carbons (Fsp3) is 0.400. The predicted octanol–water partition coefficient (Wildman–Crippen LogP) is 4.00. The molecule has 0 fully saturated rings. The lowest BCUT2D eigenvalue weighted by atomic mass is 10.1. The molecular formula is C15H19BrN2O2. The van der Waals surface area contributed by atoms with E-state index < -0.39 is 0 Å². The number of ether oxygens (including phenoxy) is 1. The van der Waals surface area contributed by atoms with E-state index in [1.165, 1.54) is 0 Å². The van der Waals surface area contributed by atoms with E-state index in [9.17, 15) is 0 Å². The molecule has 0 radical (unpaired) electrons. The van der Waals surface area contributed by atoms with Crippen molar-refractivity contribution in [1.82, 2.24) is 10.5 Å². The van der Waals surface area contributed by atoms with Gasteiger partial charge in [-0.2, -0.15) is 0 Å². The molecule has 0 aliphatic rings. The molecule has 0 saturated heterocycles. The van der Waals surface area contributed by atoms with Crippen molar-refractivity contribution in [3.05, 3.63) is 45.8 Å². The van der Waals surface area contributed by atoms with E-state index >= 15 is 0 Å². The minimum atomic E-state index is 0.226. The van der Waals surface area contributed by atoms with Gasteiger partial charge in [-0.05, 0) is 38.6 Å². The summed E-state index contributed by atoms with van der Waals surface area (Å²) >= 11 is 3.50. The zero-order chi connectivity index (χ0) is 14.5. The first-order chi connectivity index (χ1) is 9.60. The van der Waals surface area contributed by atoms with Crippen LogP contribution < -0.4 is 10.1 Å². The van der Waals surface area contributed by atoms with E-state index in [-0.39, 0.29) is 6.04 Å². The second-order valence-corrected chi connectivity index (χ2v) is 5.60. The van der Waals surface area contributed by atoms with Crippen LogP contribution in [0, 0.1) is 6.92 Å². The Balaban J connectivity index is 2.13. The number of aromatic nitrogens is 1. The Morgan fingerprint density at radius 2 is 2.20 bits per heavy atom. The van der Waals surface area contributed by atoms with Crippen LogP contribution in [-0.2, 0) is 6.61 Å². The Bertz CT molecular complexity index is 569. The summed E-state index contributed by atoms with van der Waals surface area (Å²) in [6.07, 6.45) is 0. The molecule has 1 N–H and O–H groups in total. The van der Waals surface area contributed by atoms with Gasteiger partial charge in [0.2, 0.25) is 0 Å². The average Bonchev–Trinajstić information content (AvgIpc) is 2.83. The summed E-state index contributed by atoms with van der Waals surface area (Å²) in [5.74, 6) is 1.59. The van der Waals surface area contributed by atoms with Gasteiger partial charge in [-0.1, -0.05) is 28.0 Å². The van der Waals surface area contributed by atoms with Crippen LogP contribution in [0.15, 0.2) is 33.3 Å². The largest absolute Gasteiger partial charge is 0.485 e. The topological polar surface area (TPSA) is 47.3 Å². The van der Waals surface area contributed by atoms with Crippen LogP contribution in [0.5, 0.6) is 5.75 Å². The molecule has 1 heterocycles. The maximum absolute atomic E-state index is 5.86. The second-order valence-electron chi connectivity index (χ2n) is 4.68. The van der Waals surface area contributed by atoms with Crippen molar-refractivity contribution in [3.8, 4) is 5.75 Å². The van der Waals surface area contributed by atoms with Crippen LogP contribution in [0.2, 0.25) is 0 Å². The van der Waals surface area contributed by atoms with Crippen LogP contribution in [0.4, 0.5) is 0 Å². The van der Waals surface area contributed by atoms with E-state index in [4.69, 9.17) is 9.26 Å². The highest BCUT2D eigenvalue weighted by molar-refractivity contribution is 9.10. The zero-order valence-electron chi connectivity index (χ0n) is 11.9. The quantitative estimate of drug-likeness (QED) is 0.864. The fourth-order valence-electron chi connectivity index (χ4n) is 2.04. The number of nitrogens with one attached hydrogen (secondary N) is 1. The molecule has 0 bridgehead atoms. The maximum atomic E-state index is 5.86. The molecule has 0 aliphatic carbocycles. The standard InChI is InChI=1S/C15H19BrN2O2/c1-4-17-11(3)14-8-12(16)5-6-15(14)19-9-13-7-10(2)18-20-13/h5-8,11,17H,4,9H2,1-3H3. The SMILES string of the molecule is CCNC(C)c1cc(Br)ccc1OCc1cc(C)no1. The first kappa shape index (κ1) is 15.1. The van der Waals surface area contributed by atoms with Crippen molar-refractivity contribution in [2.45, 2.75) is 33.4 Å². The second kappa shape index (κ2) is 6.90. The highest BCUT2D eigenvalue weighted by Crippen LogP contribution is 2.29. The Morgan fingerprint density at radius 3 is 2.85 bits per heavy atom. The molecule has 2 rings (SSSR count). The van der Waals surface area contributed by atoms with Crippen LogP contribution >= 0.6 is 15.9 Å². The molecule has 4 nitrogen and oxygen atoms in total. The van der Waals surface area contributed by atoms with Crippen LogP contribution in [0.1, 0.15) is 36.9 Å². The van der Waals surface area contributed by atoms with Crippen LogP contribution in [0.25, 0.3) is 0 Å². The first-order valence-electron chi connectivity index (χ1n) is 6.68. The molecule has 5 heteroatoms. The van der Waals surface area contributed by atoms with Gasteiger partial charge in [-0.15, -0.1) is 0 Å². The van der Waals surface area contributed by atoms with Gasteiger partial charge in [0.05, 0.1) is 5.69 Å². The third kappa shape index (κ3) is 3.84. The van der Waals surface area contributed by atoms with Gasteiger partial charge >= 0.3 is 0 Å². The summed E-state index contributed by atoms with van der Waals surface area (Å²) in [5.41, 5.74) is 1.98. The van der Waals surface area contributed by atoms with E-state index in [0.29, 0.717) is 6.61 Å². The summed E-state index contributed by atoms with van der Waals surface area (Å²) < 4.78 is 12.1. The van der Waals surface area contributed by atoms with Gasteiger partial charge in [-0.25, -0.2) is 0 Å². The number of rotatable bonds is 6. The van der Waals surface area contributed by atoms with Crippen molar-refractivity contribution < 1.29 is 9.26 Å². The summed E-state index contributed by atoms with van der Waals surface area (Å²) in [6, 6.07) is 8.13. The van der Waals surface area contributed by atoms with Crippen molar-refractivity contribution in [2.24, 2.45) is 0 Å². The Kier molecular flexibility index (Phi) is 5.20. The van der Waals surface area contributed by atoms with Crippen LogP contribution in [0.3, 0.4) is 0 Å². The molecule has 1 atom stereocenters. The Hall–Kier alpha value is -1.33. The van der Waals surface area contributed by atoms with Crippen molar-refractivity contribution >= 4 is 15.9 Å². The van der Waals surface area contributed by atoms with E-state index in [1.54, 1.807) is 0 Å². The lowest BCUT2D eigenvalue weighted by Crippen LogP contribution is -2.18. The lowest BCUT2D eigenvalue weighted by molar-refractivity contribution is 0.245. The Morgan fingerprint density at radius 1 is 1.40 bits per heavy atom. The van der Waals surface area contributed by atoms with Gasteiger partial charge in [0.15, 0.2) is 5.76 Å². The summed E-state index contributed by atoms with van der Waals surface area (Å²) in [5, 5.41) is 7.25. The highest BCUT2D eigenvalue weighted by atomic mass is 79.9. The average molecular weight is 339 g/mol. The van der Waals surface area contributed by atoms with Crippen molar-refractivity contribution in [2.75, 3.05) is 6.54 Å². The zero-order valence-corrected chi connectivity index (χ0v) is 13.5. The van der Waals surface area contributed by atoms with E-state index in [1.807, 2.05) is 25.1 Å². The molecule has 0 aliphatic heterocycles. The molecular weight excluding hydrogens is 320 g/mol. The third-order valence-electron chi connectivity index (χ3n) is 3.00. The predicted molar refractivity (Wildman–Crippen MR) is 81.8 cm³/mol. The number of nitrogens with zero attached hydrogens (tertiary/aromatic N) is 1. The maximum Gasteiger partial charge on any atom is 0.174 e. The van der Waals surface area contributed by atoms with E-state index in [2.05, 4.69) is 46.3 Å². The van der Waals surface area contributed by atoms with Gasteiger partial charge in [-0.3, -0.25) is 0 Å². The summed E-state index contributed by atoms with van der Waals surface area (Å²) in [6.45, 7) is 7.40.